The lowest BCUT2D eigenvalue weighted by atomic mass is 10.2. The van der Waals surface area contributed by atoms with Crippen LogP contribution in [0.25, 0.3) is 11.1 Å². The zero-order valence-corrected chi connectivity index (χ0v) is 11.6. The molecule has 1 aromatic heterocycles. The molecule has 5 nitrogen and oxygen atoms in total. The van der Waals surface area contributed by atoms with Gasteiger partial charge >= 0.3 is 5.97 Å². The van der Waals surface area contributed by atoms with Crippen LogP contribution >= 0.6 is 11.6 Å². The molecule has 1 heterocycles. The molecule has 0 aliphatic heterocycles. The summed E-state index contributed by atoms with van der Waals surface area (Å²) < 4.78 is 5.49. The molecule has 0 saturated carbocycles. The van der Waals surface area contributed by atoms with E-state index in [4.69, 9.17) is 21.1 Å². The molecule has 0 amide bonds. The van der Waals surface area contributed by atoms with Crippen LogP contribution in [0.2, 0.25) is 5.02 Å². The molecule has 2 N–H and O–H groups in total. The van der Waals surface area contributed by atoms with Crippen molar-refractivity contribution in [3.8, 4) is 0 Å². The second kappa shape index (κ2) is 5.46. The van der Waals surface area contributed by atoms with E-state index in [9.17, 15) is 4.79 Å². The van der Waals surface area contributed by atoms with Crippen LogP contribution in [0, 0.1) is 0 Å². The Labute approximate surface area is 125 Å². The van der Waals surface area contributed by atoms with E-state index in [1.165, 1.54) is 12.1 Å². The van der Waals surface area contributed by atoms with Crippen LogP contribution in [0.15, 0.2) is 46.9 Å². The Hall–Kier alpha value is -2.53. The number of oxazole rings is 1. The summed E-state index contributed by atoms with van der Waals surface area (Å²) in [4.78, 5) is 15.2. The number of benzene rings is 2. The predicted octanol–water partition coefficient (Wildman–Crippen LogP) is 3.79. The van der Waals surface area contributed by atoms with Gasteiger partial charge in [-0.3, -0.25) is 0 Å². The minimum absolute atomic E-state index is 0.169. The summed E-state index contributed by atoms with van der Waals surface area (Å²) >= 11 is 5.82. The number of nitrogens with zero attached hydrogens (tertiary/aromatic N) is 1. The first-order chi connectivity index (χ1) is 10.1. The van der Waals surface area contributed by atoms with Gasteiger partial charge in [-0.2, -0.15) is 4.98 Å². The Bertz CT molecular complexity index is 796. The van der Waals surface area contributed by atoms with Crippen molar-refractivity contribution in [2.45, 2.75) is 6.54 Å². The van der Waals surface area contributed by atoms with Gasteiger partial charge in [-0.05, 0) is 35.9 Å². The van der Waals surface area contributed by atoms with Crippen molar-refractivity contribution in [1.82, 2.24) is 4.98 Å². The highest BCUT2D eigenvalue weighted by molar-refractivity contribution is 6.30. The largest absolute Gasteiger partial charge is 0.478 e. The molecule has 2 aromatic carbocycles. The van der Waals surface area contributed by atoms with Crippen molar-refractivity contribution in [3.63, 3.8) is 0 Å². The lowest BCUT2D eigenvalue weighted by Crippen LogP contribution is -1.98. The van der Waals surface area contributed by atoms with Gasteiger partial charge in [-0.15, -0.1) is 0 Å². The van der Waals surface area contributed by atoms with E-state index < -0.39 is 5.97 Å². The molecule has 0 unspecified atom stereocenters. The molecule has 0 atom stereocenters. The Morgan fingerprint density at radius 2 is 2.00 bits per heavy atom. The fraction of sp³-hybridized carbons (Fsp3) is 0.0667. The van der Waals surface area contributed by atoms with Crippen LogP contribution < -0.4 is 5.32 Å². The van der Waals surface area contributed by atoms with E-state index in [-0.39, 0.29) is 5.56 Å². The first-order valence-corrected chi connectivity index (χ1v) is 6.62. The third-order valence-electron chi connectivity index (χ3n) is 2.99. The van der Waals surface area contributed by atoms with Gasteiger partial charge in [0, 0.05) is 11.6 Å². The number of nitrogens with one attached hydrogen (secondary N) is 1. The number of carbonyl (C=O) groups is 1. The first kappa shape index (κ1) is 13.5. The number of aromatic carboxylic acids is 1. The van der Waals surface area contributed by atoms with Gasteiger partial charge in [-0.1, -0.05) is 23.7 Å². The maximum Gasteiger partial charge on any atom is 0.335 e. The Morgan fingerprint density at radius 3 is 2.71 bits per heavy atom. The maximum absolute atomic E-state index is 10.9. The van der Waals surface area contributed by atoms with Crippen molar-refractivity contribution >= 4 is 34.7 Å². The molecule has 106 valence electrons. The predicted molar refractivity (Wildman–Crippen MR) is 79.7 cm³/mol. The molecule has 0 spiro atoms. The van der Waals surface area contributed by atoms with Crippen molar-refractivity contribution in [3.05, 3.63) is 58.6 Å². The normalized spacial score (nSPS) is 10.7. The topological polar surface area (TPSA) is 75.4 Å². The smallest absolute Gasteiger partial charge is 0.335 e. The Balaban J connectivity index is 1.78. The molecule has 0 bridgehead atoms. The standard InChI is InChI=1S/C15H11ClN2O3/c16-11-4-1-9(2-5-11)8-17-15-18-12-6-3-10(14(19)20)7-13(12)21-15/h1-7H,8H2,(H,17,18)(H,19,20). The summed E-state index contributed by atoms with van der Waals surface area (Å²) in [6.45, 7) is 0.537. The van der Waals surface area contributed by atoms with Crippen LogP contribution in [-0.2, 0) is 6.54 Å². The van der Waals surface area contributed by atoms with Gasteiger partial charge in [0.25, 0.3) is 6.01 Å². The summed E-state index contributed by atoms with van der Waals surface area (Å²) in [5.41, 5.74) is 2.25. The number of carboxylic acids is 1. The number of hydrogen-bond donors (Lipinski definition) is 2. The quantitative estimate of drug-likeness (QED) is 0.767. The summed E-state index contributed by atoms with van der Waals surface area (Å²) in [7, 11) is 0. The molecule has 3 rings (SSSR count). The minimum atomic E-state index is -0.996. The molecular weight excluding hydrogens is 292 g/mol. The molecule has 0 aliphatic carbocycles. The van der Waals surface area contributed by atoms with Gasteiger partial charge < -0.3 is 14.8 Å². The van der Waals surface area contributed by atoms with Gasteiger partial charge in [0.1, 0.15) is 5.52 Å². The van der Waals surface area contributed by atoms with Crippen LogP contribution in [0.3, 0.4) is 0 Å². The first-order valence-electron chi connectivity index (χ1n) is 6.24. The second-order valence-corrected chi connectivity index (χ2v) is 4.92. The zero-order valence-electron chi connectivity index (χ0n) is 10.8. The zero-order chi connectivity index (χ0) is 14.8. The molecular formula is C15H11ClN2O3. The maximum atomic E-state index is 10.9. The average molecular weight is 303 g/mol. The third kappa shape index (κ3) is 2.98. The fourth-order valence-electron chi connectivity index (χ4n) is 1.91. The molecule has 21 heavy (non-hydrogen) atoms. The SMILES string of the molecule is O=C(O)c1ccc2nc(NCc3ccc(Cl)cc3)oc2c1. The van der Waals surface area contributed by atoms with Crippen LogP contribution in [0.5, 0.6) is 0 Å². The van der Waals surface area contributed by atoms with Crippen molar-refractivity contribution < 1.29 is 14.3 Å². The average Bonchev–Trinajstić information content (AvgIpc) is 2.88. The number of hydrogen-bond acceptors (Lipinski definition) is 4. The van der Waals surface area contributed by atoms with E-state index in [0.717, 1.165) is 5.56 Å². The molecule has 3 aromatic rings. The summed E-state index contributed by atoms with van der Waals surface area (Å²) in [6.07, 6.45) is 0. The highest BCUT2D eigenvalue weighted by Gasteiger charge is 2.09. The summed E-state index contributed by atoms with van der Waals surface area (Å²) in [6, 6.07) is 12.3. The lowest BCUT2D eigenvalue weighted by molar-refractivity contribution is 0.0697. The number of halogens is 1. The number of rotatable bonds is 4. The summed E-state index contributed by atoms with van der Waals surface area (Å²) in [5.74, 6) is -0.996. The van der Waals surface area contributed by atoms with Crippen LogP contribution in [0.4, 0.5) is 6.01 Å². The van der Waals surface area contributed by atoms with E-state index in [0.29, 0.717) is 28.7 Å². The van der Waals surface area contributed by atoms with Gasteiger partial charge in [0.15, 0.2) is 5.58 Å². The van der Waals surface area contributed by atoms with Crippen molar-refractivity contribution in [1.29, 1.82) is 0 Å². The van der Waals surface area contributed by atoms with E-state index >= 15 is 0 Å². The number of fused-ring (bicyclic) bond motifs is 1. The highest BCUT2D eigenvalue weighted by atomic mass is 35.5. The second-order valence-electron chi connectivity index (χ2n) is 4.49. The summed E-state index contributed by atoms with van der Waals surface area (Å²) in [5, 5.41) is 12.7. The van der Waals surface area contributed by atoms with Crippen LogP contribution in [-0.4, -0.2) is 16.1 Å². The molecule has 0 radical (unpaired) electrons. The van der Waals surface area contributed by atoms with Gasteiger partial charge in [0.05, 0.1) is 5.56 Å². The highest BCUT2D eigenvalue weighted by Crippen LogP contribution is 2.21. The third-order valence-corrected chi connectivity index (χ3v) is 3.24. The molecule has 0 saturated heterocycles. The fourth-order valence-corrected chi connectivity index (χ4v) is 2.04. The van der Waals surface area contributed by atoms with Gasteiger partial charge in [0.2, 0.25) is 0 Å². The monoisotopic (exact) mass is 302 g/mol. The minimum Gasteiger partial charge on any atom is -0.478 e. The van der Waals surface area contributed by atoms with E-state index in [1.54, 1.807) is 6.07 Å². The van der Waals surface area contributed by atoms with Crippen molar-refractivity contribution in [2.24, 2.45) is 0 Å². The number of anilines is 1. The molecule has 0 fully saturated rings. The molecule has 6 heteroatoms. The van der Waals surface area contributed by atoms with E-state index in [2.05, 4.69) is 10.3 Å². The number of aromatic nitrogens is 1. The Morgan fingerprint density at radius 1 is 1.24 bits per heavy atom. The van der Waals surface area contributed by atoms with Crippen molar-refractivity contribution in [2.75, 3.05) is 5.32 Å². The van der Waals surface area contributed by atoms with E-state index in [1.807, 2.05) is 24.3 Å². The Kier molecular flexibility index (Phi) is 3.50. The van der Waals surface area contributed by atoms with Crippen LogP contribution in [0.1, 0.15) is 15.9 Å². The lowest BCUT2D eigenvalue weighted by Gasteiger charge is -2.01. The number of carboxylic acid groups (broad SMARTS) is 1. The van der Waals surface area contributed by atoms with Gasteiger partial charge in [-0.25, -0.2) is 4.79 Å². The molecule has 0 aliphatic rings.